The molecule has 0 aliphatic carbocycles. The Balaban J connectivity index is 2.20. The van der Waals surface area contributed by atoms with Crippen molar-refractivity contribution in [3.8, 4) is 0 Å². The van der Waals surface area contributed by atoms with Gasteiger partial charge >= 0.3 is 0 Å². The van der Waals surface area contributed by atoms with E-state index in [-0.39, 0.29) is 12.2 Å². The van der Waals surface area contributed by atoms with Gasteiger partial charge < -0.3 is 0 Å². The fourth-order valence-electron chi connectivity index (χ4n) is 2.65. The highest BCUT2D eigenvalue weighted by Crippen LogP contribution is 2.26. The predicted molar refractivity (Wildman–Crippen MR) is 89.5 cm³/mol. The van der Waals surface area contributed by atoms with Crippen molar-refractivity contribution in [2.75, 3.05) is 0 Å². The largest absolute Gasteiger partial charge is 0.299 e. The molecule has 0 aromatic heterocycles. The highest BCUT2D eigenvalue weighted by molar-refractivity contribution is 6.36. The lowest BCUT2D eigenvalue weighted by Crippen LogP contribution is -2.10. The topological polar surface area (TPSA) is 17.1 Å². The Labute approximate surface area is 135 Å². The van der Waals surface area contributed by atoms with Crippen LogP contribution in [0.25, 0.3) is 0 Å². The highest BCUT2D eigenvalue weighted by Gasteiger charge is 2.14. The van der Waals surface area contributed by atoms with Crippen LogP contribution < -0.4 is 0 Å². The van der Waals surface area contributed by atoms with E-state index in [4.69, 9.17) is 23.2 Å². The summed E-state index contributed by atoms with van der Waals surface area (Å²) in [6.45, 7) is 6.16. The number of halogens is 2. The molecule has 0 aliphatic rings. The van der Waals surface area contributed by atoms with Crippen molar-refractivity contribution >= 4 is 29.0 Å². The van der Waals surface area contributed by atoms with E-state index in [2.05, 4.69) is 19.1 Å². The van der Waals surface area contributed by atoms with E-state index in [9.17, 15) is 4.79 Å². The van der Waals surface area contributed by atoms with Gasteiger partial charge in [0.2, 0.25) is 0 Å². The zero-order valence-corrected chi connectivity index (χ0v) is 14.0. The third kappa shape index (κ3) is 3.87. The third-order valence-corrected chi connectivity index (χ3v) is 4.36. The summed E-state index contributed by atoms with van der Waals surface area (Å²) >= 11 is 12.2. The minimum Gasteiger partial charge on any atom is -0.299 e. The molecular formula is C18H18Cl2O. The van der Waals surface area contributed by atoms with Gasteiger partial charge in [0.05, 0.1) is 0 Å². The van der Waals surface area contributed by atoms with E-state index < -0.39 is 0 Å². The Bertz CT molecular complexity index is 646. The number of rotatable bonds is 4. The summed E-state index contributed by atoms with van der Waals surface area (Å²) in [5.41, 5.74) is 5.36. The number of hydrogen-bond acceptors (Lipinski definition) is 1. The van der Waals surface area contributed by atoms with Crippen molar-refractivity contribution in [1.82, 2.24) is 0 Å². The maximum atomic E-state index is 12.4. The summed E-state index contributed by atoms with van der Waals surface area (Å²) in [7, 11) is 0. The first kappa shape index (κ1) is 16.1. The summed E-state index contributed by atoms with van der Waals surface area (Å²) in [5.74, 6) is 0.125. The van der Waals surface area contributed by atoms with Crippen molar-refractivity contribution in [2.24, 2.45) is 0 Å². The molecule has 0 spiro atoms. The lowest BCUT2D eigenvalue weighted by Gasteiger charge is -2.11. The van der Waals surface area contributed by atoms with E-state index in [0.717, 1.165) is 16.7 Å². The molecule has 0 aliphatic heterocycles. The molecule has 1 nitrogen and oxygen atoms in total. The molecule has 0 saturated heterocycles. The SMILES string of the molecule is Cc1cc(C)c(CC(=O)Cc2c(Cl)cccc2Cl)c(C)c1. The van der Waals surface area contributed by atoms with E-state index in [0.29, 0.717) is 22.0 Å². The van der Waals surface area contributed by atoms with Crippen LogP contribution in [-0.4, -0.2) is 5.78 Å². The lowest BCUT2D eigenvalue weighted by atomic mass is 9.94. The number of aryl methyl sites for hydroxylation is 3. The second-order valence-corrected chi connectivity index (χ2v) is 6.28. The van der Waals surface area contributed by atoms with E-state index in [1.54, 1.807) is 18.2 Å². The molecule has 2 aromatic rings. The Kier molecular flexibility index (Phi) is 5.08. The highest BCUT2D eigenvalue weighted by atomic mass is 35.5. The summed E-state index contributed by atoms with van der Waals surface area (Å²) in [5, 5.41) is 1.10. The van der Waals surface area contributed by atoms with E-state index in [1.807, 2.05) is 13.8 Å². The maximum absolute atomic E-state index is 12.4. The van der Waals surface area contributed by atoms with Crippen molar-refractivity contribution in [2.45, 2.75) is 33.6 Å². The minimum absolute atomic E-state index is 0.125. The van der Waals surface area contributed by atoms with E-state index in [1.165, 1.54) is 5.56 Å². The van der Waals surface area contributed by atoms with Crippen molar-refractivity contribution in [1.29, 1.82) is 0 Å². The molecule has 0 amide bonds. The molecule has 110 valence electrons. The van der Waals surface area contributed by atoms with Crippen molar-refractivity contribution in [3.05, 3.63) is 68.2 Å². The van der Waals surface area contributed by atoms with Gasteiger partial charge in [-0.1, -0.05) is 47.0 Å². The van der Waals surface area contributed by atoms with Crippen molar-refractivity contribution < 1.29 is 4.79 Å². The fourth-order valence-corrected chi connectivity index (χ4v) is 3.18. The van der Waals surface area contributed by atoms with Crippen LogP contribution in [0.1, 0.15) is 27.8 Å². The Hall–Kier alpha value is -1.31. The van der Waals surface area contributed by atoms with Crippen molar-refractivity contribution in [3.63, 3.8) is 0 Å². The van der Waals surface area contributed by atoms with Crippen LogP contribution in [0.3, 0.4) is 0 Å². The minimum atomic E-state index is 0.125. The molecule has 0 radical (unpaired) electrons. The van der Waals surface area contributed by atoms with Gasteiger partial charge in [0.25, 0.3) is 0 Å². The summed E-state index contributed by atoms with van der Waals surface area (Å²) in [6.07, 6.45) is 0.685. The first-order chi connectivity index (χ1) is 9.88. The van der Waals surface area contributed by atoms with Gasteiger partial charge in [-0.2, -0.15) is 0 Å². The fraction of sp³-hybridized carbons (Fsp3) is 0.278. The molecule has 0 atom stereocenters. The van der Waals surface area contributed by atoms with Gasteiger partial charge in [0, 0.05) is 22.9 Å². The molecule has 0 bridgehead atoms. The summed E-state index contributed by atoms with van der Waals surface area (Å²) in [6, 6.07) is 9.53. The van der Waals surface area contributed by atoms with E-state index >= 15 is 0 Å². The summed E-state index contributed by atoms with van der Waals surface area (Å²) in [4.78, 5) is 12.4. The molecule has 21 heavy (non-hydrogen) atoms. The van der Waals surface area contributed by atoms with Gasteiger partial charge in [-0.3, -0.25) is 4.79 Å². The molecule has 3 heteroatoms. The van der Waals surface area contributed by atoms with Gasteiger partial charge in [-0.15, -0.1) is 0 Å². The Morgan fingerprint density at radius 1 is 0.905 bits per heavy atom. The smallest absolute Gasteiger partial charge is 0.141 e. The average molecular weight is 321 g/mol. The first-order valence-corrected chi connectivity index (χ1v) is 7.65. The number of Topliss-reactive ketones (excluding diaryl/α,β-unsaturated/α-hetero) is 1. The second kappa shape index (κ2) is 6.64. The third-order valence-electron chi connectivity index (χ3n) is 3.65. The Morgan fingerprint density at radius 2 is 1.38 bits per heavy atom. The molecular weight excluding hydrogens is 303 g/mol. The van der Waals surface area contributed by atoms with Crippen LogP contribution in [0.2, 0.25) is 10.0 Å². The molecule has 0 unspecified atom stereocenters. The molecule has 2 aromatic carbocycles. The molecule has 0 heterocycles. The first-order valence-electron chi connectivity index (χ1n) is 6.90. The maximum Gasteiger partial charge on any atom is 0.141 e. The number of carbonyl (C=O) groups is 1. The number of hydrogen-bond donors (Lipinski definition) is 0. The normalized spacial score (nSPS) is 10.7. The van der Waals surface area contributed by atoms with Crippen LogP contribution in [0.4, 0.5) is 0 Å². The number of carbonyl (C=O) groups excluding carboxylic acids is 1. The Morgan fingerprint density at radius 3 is 1.90 bits per heavy atom. The molecule has 2 rings (SSSR count). The second-order valence-electron chi connectivity index (χ2n) is 5.47. The van der Waals surface area contributed by atoms with Gasteiger partial charge in [-0.05, 0) is 55.2 Å². The van der Waals surface area contributed by atoms with Gasteiger partial charge in [-0.25, -0.2) is 0 Å². The quantitative estimate of drug-likeness (QED) is 0.749. The summed E-state index contributed by atoms with van der Waals surface area (Å²) < 4.78 is 0. The van der Waals surface area contributed by atoms with Crippen LogP contribution in [0, 0.1) is 20.8 Å². The van der Waals surface area contributed by atoms with Crippen LogP contribution >= 0.6 is 23.2 Å². The number of benzene rings is 2. The molecule has 0 N–H and O–H groups in total. The number of ketones is 1. The van der Waals surface area contributed by atoms with Gasteiger partial charge in [0.1, 0.15) is 5.78 Å². The monoisotopic (exact) mass is 320 g/mol. The molecule has 0 fully saturated rings. The lowest BCUT2D eigenvalue weighted by molar-refractivity contribution is -0.117. The van der Waals surface area contributed by atoms with Crippen LogP contribution in [-0.2, 0) is 17.6 Å². The van der Waals surface area contributed by atoms with Gasteiger partial charge in [0.15, 0.2) is 0 Å². The average Bonchev–Trinajstić information content (AvgIpc) is 2.38. The zero-order valence-electron chi connectivity index (χ0n) is 12.5. The molecule has 0 saturated carbocycles. The van der Waals surface area contributed by atoms with Crippen LogP contribution in [0.5, 0.6) is 0 Å². The van der Waals surface area contributed by atoms with Crippen LogP contribution in [0.15, 0.2) is 30.3 Å². The standard InChI is InChI=1S/C18H18Cl2O/c1-11-7-12(2)15(13(3)8-11)9-14(21)10-16-17(19)5-4-6-18(16)20/h4-8H,9-10H2,1-3H3. The predicted octanol–water partition coefficient (Wildman–Crippen LogP) is 5.27. The zero-order chi connectivity index (χ0) is 15.6.